The molecule has 0 saturated carbocycles. The van der Waals surface area contributed by atoms with Gasteiger partial charge < -0.3 is 5.32 Å². The molecule has 0 bridgehead atoms. The van der Waals surface area contributed by atoms with E-state index in [2.05, 4.69) is 10.4 Å². The summed E-state index contributed by atoms with van der Waals surface area (Å²) in [7, 11) is 0. The van der Waals surface area contributed by atoms with Gasteiger partial charge >= 0.3 is 5.69 Å². The van der Waals surface area contributed by atoms with E-state index >= 15 is 0 Å². The van der Waals surface area contributed by atoms with E-state index < -0.39 is 5.69 Å². The van der Waals surface area contributed by atoms with Crippen molar-refractivity contribution in [2.75, 3.05) is 5.32 Å². The molecule has 9 heteroatoms. The van der Waals surface area contributed by atoms with Gasteiger partial charge in [0.05, 0.1) is 10.9 Å². The number of rotatable bonds is 5. The minimum atomic E-state index is -0.511. The van der Waals surface area contributed by atoms with Crippen molar-refractivity contribution in [3.05, 3.63) is 73.4 Å². The molecule has 2 heterocycles. The third-order valence-electron chi connectivity index (χ3n) is 5.14. The van der Waals surface area contributed by atoms with E-state index in [0.717, 1.165) is 15.8 Å². The van der Waals surface area contributed by atoms with Gasteiger partial charge in [-0.3, -0.25) is 14.2 Å². The molecule has 0 atom stereocenters. The number of hydrogen-bond donors (Lipinski definition) is 1. The molecule has 160 valence electrons. The van der Waals surface area contributed by atoms with Crippen molar-refractivity contribution in [3.8, 4) is 0 Å². The molecular formula is C22H22ClN5O3. The first-order valence-electron chi connectivity index (χ1n) is 9.99. The molecule has 0 aliphatic rings. The van der Waals surface area contributed by atoms with Crippen molar-refractivity contribution in [2.24, 2.45) is 0 Å². The Morgan fingerprint density at radius 3 is 2.61 bits per heavy atom. The molecule has 31 heavy (non-hydrogen) atoms. The maximum absolute atomic E-state index is 13.1. The predicted octanol–water partition coefficient (Wildman–Crippen LogP) is 3.13. The van der Waals surface area contributed by atoms with Crippen molar-refractivity contribution >= 4 is 39.9 Å². The van der Waals surface area contributed by atoms with E-state index in [9.17, 15) is 14.4 Å². The van der Waals surface area contributed by atoms with Gasteiger partial charge in [-0.15, -0.1) is 5.10 Å². The van der Waals surface area contributed by atoms with Crippen LogP contribution < -0.4 is 16.6 Å². The summed E-state index contributed by atoms with van der Waals surface area (Å²) in [6, 6.07) is 10.5. The molecule has 8 nitrogen and oxygen atoms in total. The van der Waals surface area contributed by atoms with Crippen LogP contribution in [0.5, 0.6) is 0 Å². The highest BCUT2D eigenvalue weighted by molar-refractivity contribution is 6.31. The average Bonchev–Trinajstić information content (AvgIpc) is 3.03. The van der Waals surface area contributed by atoms with Crippen LogP contribution in [0, 0.1) is 13.8 Å². The topological polar surface area (TPSA) is 90.4 Å². The predicted molar refractivity (Wildman–Crippen MR) is 121 cm³/mol. The number of aryl methyl sites for hydroxylation is 3. The van der Waals surface area contributed by atoms with Crippen LogP contribution in [-0.2, 0) is 17.9 Å². The molecule has 0 saturated heterocycles. The zero-order valence-corrected chi connectivity index (χ0v) is 18.2. The molecule has 4 rings (SSSR count). The molecule has 0 radical (unpaired) electrons. The summed E-state index contributed by atoms with van der Waals surface area (Å²) in [6.07, 6.45) is 0.683. The molecule has 0 unspecified atom stereocenters. The molecule has 2 aromatic heterocycles. The van der Waals surface area contributed by atoms with Crippen LogP contribution in [0.25, 0.3) is 16.7 Å². The van der Waals surface area contributed by atoms with Crippen LogP contribution in [0.4, 0.5) is 5.69 Å². The Bertz CT molecular complexity index is 1450. The van der Waals surface area contributed by atoms with Crippen LogP contribution in [0.3, 0.4) is 0 Å². The first-order valence-corrected chi connectivity index (χ1v) is 10.4. The Morgan fingerprint density at radius 2 is 1.90 bits per heavy atom. The number of nitrogens with one attached hydrogen (secondary N) is 1. The van der Waals surface area contributed by atoms with Crippen LogP contribution in [0.2, 0.25) is 5.02 Å². The number of fused-ring (bicyclic) bond motifs is 3. The smallest absolute Gasteiger partial charge is 0.324 e. The molecule has 2 aromatic carbocycles. The number of benzene rings is 2. The summed E-state index contributed by atoms with van der Waals surface area (Å²) >= 11 is 6.12. The lowest BCUT2D eigenvalue weighted by Gasteiger charge is -2.08. The SMILES string of the molecule is CCCn1c(=O)c2ccc(Cl)cc2n2c(=O)n(CC(=O)Nc3ccc(C)cc3C)nc12. The fourth-order valence-corrected chi connectivity index (χ4v) is 3.86. The van der Waals surface area contributed by atoms with Gasteiger partial charge in [0.2, 0.25) is 11.7 Å². The number of aromatic nitrogens is 4. The Balaban J connectivity index is 1.81. The van der Waals surface area contributed by atoms with Gasteiger partial charge in [-0.2, -0.15) is 0 Å². The maximum atomic E-state index is 13.1. The average molecular weight is 440 g/mol. The second-order valence-electron chi connectivity index (χ2n) is 7.56. The van der Waals surface area contributed by atoms with E-state index in [1.807, 2.05) is 39.0 Å². The summed E-state index contributed by atoms with van der Waals surface area (Å²) in [5.74, 6) is -0.199. The lowest BCUT2D eigenvalue weighted by Crippen LogP contribution is -2.29. The van der Waals surface area contributed by atoms with Crippen LogP contribution in [-0.4, -0.2) is 24.7 Å². The van der Waals surface area contributed by atoms with Crippen molar-refractivity contribution in [1.29, 1.82) is 0 Å². The Hall–Kier alpha value is -3.39. The number of hydrogen-bond acceptors (Lipinski definition) is 4. The minimum absolute atomic E-state index is 0.186. The lowest BCUT2D eigenvalue weighted by molar-refractivity contribution is -0.117. The second-order valence-corrected chi connectivity index (χ2v) is 8.00. The maximum Gasteiger partial charge on any atom is 0.352 e. The van der Waals surface area contributed by atoms with Crippen LogP contribution in [0.1, 0.15) is 24.5 Å². The van der Waals surface area contributed by atoms with Gasteiger partial charge in [0.15, 0.2) is 0 Å². The number of carbonyl (C=O) groups excluding carboxylic acids is 1. The quantitative estimate of drug-likeness (QED) is 0.517. The van der Waals surface area contributed by atoms with Crippen molar-refractivity contribution < 1.29 is 4.79 Å². The minimum Gasteiger partial charge on any atom is -0.324 e. The van der Waals surface area contributed by atoms with E-state index in [-0.39, 0.29) is 23.8 Å². The molecule has 0 fully saturated rings. The summed E-state index contributed by atoms with van der Waals surface area (Å²) in [5, 5.41) is 7.90. The van der Waals surface area contributed by atoms with E-state index in [1.54, 1.807) is 18.2 Å². The second kappa shape index (κ2) is 8.03. The van der Waals surface area contributed by atoms with Gasteiger partial charge in [0.1, 0.15) is 6.54 Å². The number of anilines is 1. The zero-order chi connectivity index (χ0) is 22.3. The highest BCUT2D eigenvalue weighted by Crippen LogP contribution is 2.18. The van der Waals surface area contributed by atoms with Gasteiger partial charge in [-0.1, -0.05) is 36.2 Å². The fraction of sp³-hybridized carbons (Fsp3) is 0.273. The Kier molecular flexibility index (Phi) is 5.41. The van der Waals surface area contributed by atoms with E-state index in [4.69, 9.17) is 11.6 Å². The number of carbonyl (C=O) groups is 1. The molecule has 4 aromatic rings. The summed E-state index contributed by atoms with van der Waals surface area (Å²) in [4.78, 5) is 38.7. The first-order chi connectivity index (χ1) is 14.8. The lowest BCUT2D eigenvalue weighted by atomic mass is 10.1. The molecule has 0 aliphatic carbocycles. The number of halogens is 1. The first kappa shape index (κ1) is 20.9. The molecule has 1 amide bonds. The normalized spacial score (nSPS) is 11.4. The van der Waals surface area contributed by atoms with Crippen molar-refractivity contribution in [2.45, 2.75) is 40.3 Å². The summed E-state index contributed by atoms with van der Waals surface area (Å²) in [6.45, 7) is 5.92. The Labute approximate surface area is 182 Å². The summed E-state index contributed by atoms with van der Waals surface area (Å²) < 4.78 is 3.86. The molecule has 0 aliphatic heterocycles. The van der Waals surface area contributed by atoms with Gasteiger partial charge in [-0.25, -0.2) is 13.9 Å². The van der Waals surface area contributed by atoms with Gasteiger partial charge in [-0.05, 0) is 50.1 Å². The van der Waals surface area contributed by atoms with Gasteiger partial charge in [0.25, 0.3) is 5.56 Å². The highest BCUT2D eigenvalue weighted by atomic mass is 35.5. The standard InChI is InChI=1S/C22H22ClN5O3/c1-4-9-26-20(30)16-7-6-15(23)11-18(16)28-21(26)25-27(22(28)31)12-19(29)24-17-8-5-13(2)10-14(17)3/h5-8,10-11H,4,9,12H2,1-3H3,(H,24,29). The summed E-state index contributed by atoms with van der Waals surface area (Å²) in [5.41, 5.74) is 2.29. The zero-order valence-electron chi connectivity index (χ0n) is 17.5. The van der Waals surface area contributed by atoms with Gasteiger partial charge in [0, 0.05) is 17.3 Å². The molecule has 0 spiro atoms. The number of amides is 1. The Morgan fingerprint density at radius 1 is 1.13 bits per heavy atom. The highest BCUT2D eigenvalue weighted by Gasteiger charge is 2.19. The van der Waals surface area contributed by atoms with E-state index in [1.165, 1.54) is 8.97 Å². The van der Waals surface area contributed by atoms with Crippen molar-refractivity contribution in [3.63, 3.8) is 0 Å². The third kappa shape index (κ3) is 3.74. The number of nitrogens with zero attached hydrogens (tertiary/aromatic N) is 4. The fourth-order valence-electron chi connectivity index (χ4n) is 3.70. The monoisotopic (exact) mass is 439 g/mol. The molecule has 1 N–H and O–H groups in total. The van der Waals surface area contributed by atoms with Crippen molar-refractivity contribution in [1.82, 2.24) is 18.7 Å². The van der Waals surface area contributed by atoms with Crippen LogP contribution in [0.15, 0.2) is 46.0 Å². The third-order valence-corrected chi connectivity index (χ3v) is 5.37. The van der Waals surface area contributed by atoms with Crippen LogP contribution >= 0.6 is 11.6 Å². The molecular weight excluding hydrogens is 418 g/mol. The van der Waals surface area contributed by atoms with E-state index in [0.29, 0.717) is 34.6 Å². The largest absolute Gasteiger partial charge is 0.352 e.